The summed E-state index contributed by atoms with van der Waals surface area (Å²) in [5.74, 6) is 1.81. The van der Waals surface area contributed by atoms with Crippen molar-refractivity contribution in [1.82, 2.24) is 0 Å². The predicted molar refractivity (Wildman–Crippen MR) is 303 cm³/mol. The lowest BCUT2D eigenvalue weighted by Crippen LogP contribution is -2.33. The van der Waals surface area contributed by atoms with E-state index in [0.29, 0.717) is 0 Å². The quantitative estimate of drug-likeness (QED) is 0.174. The second-order valence-corrected chi connectivity index (χ2v) is 23.5. The molecule has 2 nitrogen and oxygen atoms in total. The van der Waals surface area contributed by atoms with E-state index in [2.05, 4.69) is 271 Å². The van der Waals surface area contributed by atoms with Gasteiger partial charge < -0.3 is 9.64 Å². The maximum absolute atomic E-state index is 7.06. The van der Waals surface area contributed by atoms with Crippen molar-refractivity contribution in [2.24, 2.45) is 0 Å². The van der Waals surface area contributed by atoms with Gasteiger partial charge in [-0.05, 0) is 162 Å². The fourth-order valence-corrected chi connectivity index (χ4v) is 14.1. The van der Waals surface area contributed by atoms with Crippen molar-refractivity contribution >= 4 is 28.8 Å². The third kappa shape index (κ3) is 6.31. The summed E-state index contributed by atoms with van der Waals surface area (Å²) in [6.45, 7) is 13.9. The molecular weight excluding hydrogens is 903 g/mol. The number of fused-ring (bicyclic) bond motifs is 18. The van der Waals surface area contributed by atoms with Gasteiger partial charge in [-0.15, -0.1) is 0 Å². The molecule has 0 saturated carbocycles. The summed E-state index contributed by atoms with van der Waals surface area (Å²) in [7, 11) is 0. The number of ether oxygens (including phenoxy) is 1. The van der Waals surface area contributed by atoms with Crippen molar-refractivity contribution in [3.8, 4) is 44.9 Å². The average molecular weight is 958 g/mol. The van der Waals surface area contributed by atoms with E-state index >= 15 is 0 Å². The Morgan fingerprint density at radius 1 is 0.329 bits per heavy atom. The molecule has 2 spiro atoms. The third-order valence-electron chi connectivity index (χ3n) is 16.3. The van der Waals surface area contributed by atoms with E-state index in [-0.39, 0.29) is 10.8 Å². The Morgan fingerprint density at radius 3 is 1.22 bits per heavy atom. The van der Waals surface area contributed by atoms with Crippen LogP contribution < -0.4 is 9.64 Å². The maximum Gasteiger partial charge on any atom is 0.132 e. The van der Waals surface area contributed by atoms with Crippen molar-refractivity contribution in [2.45, 2.75) is 73.0 Å². The van der Waals surface area contributed by atoms with E-state index in [0.717, 1.165) is 28.6 Å². The van der Waals surface area contributed by atoms with E-state index in [1.165, 1.54) is 98.8 Å². The molecule has 10 aromatic rings. The lowest BCUT2D eigenvalue weighted by Gasteiger charge is -2.41. The van der Waals surface area contributed by atoms with Crippen LogP contribution in [0.2, 0.25) is 0 Å². The number of anilines is 3. The molecule has 0 amide bonds. The molecule has 2 aliphatic heterocycles. The molecule has 352 valence electrons. The molecule has 0 N–H and O–H groups in total. The van der Waals surface area contributed by atoms with Gasteiger partial charge in [-0.1, -0.05) is 205 Å². The first kappa shape index (κ1) is 43.9. The first-order valence-electron chi connectivity index (χ1n) is 25.7. The van der Waals surface area contributed by atoms with E-state index in [1.54, 1.807) is 0 Å². The van der Waals surface area contributed by atoms with Crippen LogP contribution in [0.5, 0.6) is 11.5 Å². The Balaban J connectivity index is 1.05. The van der Waals surface area contributed by atoms with Crippen LogP contribution in [0.4, 0.5) is 17.1 Å². The molecule has 4 aliphatic rings. The van der Waals surface area contributed by atoms with Crippen LogP contribution in [0.1, 0.15) is 97.2 Å². The van der Waals surface area contributed by atoms with E-state index in [4.69, 9.17) is 4.74 Å². The lowest BCUT2D eigenvalue weighted by atomic mass is 9.64. The molecule has 14 rings (SSSR count). The molecule has 0 bridgehead atoms. The lowest BCUT2D eigenvalue weighted by molar-refractivity contribution is 0.433. The zero-order valence-corrected chi connectivity index (χ0v) is 42.9. The highest BCUT2D eigenvalue weighted by Gasteiger charge is 2.53. The highest BCUT2D eigenvalue weighted by Crippen LogP contribution is 2.65. The van der Waals surface area contributed by atoms with Crippen molar-refractivity contribution in [3.05, 3.63) is 280 Å². The van der Waals surface area contributed by atoms with Crippen molar-refractivity contribution in [1.29, 1.82) is 0 Å². The molecule has 2 heterocycles. The van der Waals surface area contributed by atoms with E-state index in [9.17, 15) is 0 Å². The van der Waals surface area contributed by atoms with Crippen molar-refractivity contribution in [2.75, 3.05) is 4.90 Å². The van der Waals surface area contributed by atoms with Gasteiger partial charge >= 0.3 is 0 Å². The highest BCUT2D eigenvalue weighted by atomic mass is 32.2. The largest absolute Gasteiger partial charge is 0.457 e. The summed E-state index contributed by atoms with van der Waals surface area (Å²) in [5, 5.41) is 0. The first-order chi connectivity index (χ1) is 35.4. The minimum atomic E-state index is -0.674. The molecular formula is C70H55NOS. The minimum absolute atomic E-state index is 0.0854. The maximum atomic E-state index is 7.06. The van der Waals surface area contributed by atoms with Gasteiger partial charge in [0.1, 0.15) is 11.5 Å². The van der Waals surface area contributed by atoms with Gasteiger partial charge in [-0.25, -0.2) is 0 Å². The molecule has 3 heteroatoms. The average Bonchev–Trinajstić information content (AvgIpc) is 3.88. The highest BCUT2D eigenvalue weighted by molar-refractivity contribution is 7.99. The van der Waals surface area contributed by atoms with E-state index in [1.807, 2.05) is 11.8 Å². The second kappa shape index (κ2) is 15.8. The van der Waals surface area contributed by atoms with Crippen LogP contribution >= 0.6 is 11.8 Å². The zero-order chi connectivity index (χ0) is 49.4. The standard InChI is InChI=1S/C70H55NOS/c1-67(2,3)46-30-38-63-61(40-46)70(62-41-47(68(4,5)6)31-39-64(62)72-63)56-23-13-11-21-52(56)54-37-35-50(43-60(54)70)71(48-32-28-45(29-33-48)44-18-8-7-9-19-44)49-34-36-53-51-20-10-12-22-55(51)69(59(53)42-49)57-24-14-16-26-65(57)73-66-27-17-15-25-58(66)69/h7-43H,1-6H3. The Morgan fingerprint density at radius 2 is 0.726 bits per heavy atom. The normalized spacial score (nSPS) is 14.7. The molecule has 0 saturated heterocycles. The molecule has 2 aliphatic carbocycles. The number of hydrogen-bond acceptors (Lipinski definition) is 3. The van der Waals surface area contributed by atoms with Gasteiger partial charge in [0.2, 0.25) is 0 Å². The van der Waals surface area contributed by atoms with Crippen molar-refractivity contribution in [3.63, 3.8) is 0 Å². The summed E-state index contributed by atoms with van der Waals surface area (Å²) < 4.78 is 7.06. The molecule has 0 aromatic heterocycles. The Kier molecular flexibility index (Phi) is 9.52. The fourth-order valence-electron chi connectivity index (χ4n) is 12.9. The Labute approximate surface area is 434 Å². The summed E-state index contributed by atoms with van der Waals surface area (Å²) in [4.78, 5) is 5.11. The minimum Gasteiger partial charge on any atom is -0.457 e. The molecule has 73 heavy (non-hydrogen) atoms. The molecule has 0 unspecified atom stereocenters. The number of hydrogen-bond donors (Lipinski definition) is 0. The number of rotatable bonds is 4. The van der Waals surface area contributed by atoms with Crippen LogP contribution in [-0.4, -0.2) is 0 Å². The Bertz CT molecular complexity index is 3780. The van der Waals surface area contributed by atoms with Crippen LogP contribution in [0, 0.1) is 0 Å². The summed E-state index contributed by atoms with van der Waals surface area (Å²) in [6.07, 6.45) is 0. The van der Waals surface area contributed by atoms with E-state index < -0.39 is 10.8 Å². The topological polar surface area (TPSA) is 12.5 Å². The summed E-state index contributed by atoms with van der Waals surface area (Å²) in [6, 6.07) is 84.8. The van der Waals surface area contributed by atoms with Crippen molar-refractivity contribution < 1.29 is 4.74 Å². The van der Waals surface area contributed by atoms with Gasteiger partial charge in [0.15, 0.2) is 0 Å². The van der Waals surface area contributed by atoms with Crippen LogP contribution in [0.25, 0.3) is 33.4 Å². The predicted octanol–water partition coefficient (Wildman–Crippen LogP) is 18.7. The second-order valence-electron chi connectivity index (χ2n) is 22.4. The van der Waals surface area contributed by atoms with Crippen LogP contribution in [0.3, 0.4) is 0 Å². The molecule has 0 fully saturated rings. The summed E-state index contributed by atoms with van der Waals surface area (Å²) >= 11 is 1.89. The van der Waals surface area contributed by atoms with Crippen LogP contribution in [0.15, 0.2) is 234 Å². The molecule has 10 aromatic carbocycles. The smallest absolute Gasteiger partial charge is 0.132 e. The number of benzene rings is 10. The number of nitrogens with zero attached hydrogens (tertiary/aromatic N) is 1. The third-order valence-corrected chi connectivity index (χ3v) is 17.5. The van der Waals surface area contributed by atoms with Gasteiger partial charge in [0.25, 0.3) is 0 Å². The zero-order valence-electron chi connectivity index (χ0n) is 42.1. The Hall–Kier alpha value is -7.85. The SMILES string of the molecule is CC(C)(C)c1ccc2c(c1)C1(c3cc(C(C)(C)C)ccc3O2)c2ccccc2-c2ccc(N(c3ccc(-c4ccccc4)cc3)c3ccc4c(c3)C3(c5ccccc5Sc5ccccc53)c3ccccc3-4)cc21. The van der Waals surface area contributed by atoms with Gasteiger partial charge in [0.05, 0.1) is 10.8 Å². The van der Waals surface area contributed by atoms with Crippen LogP contribution in [-0.2, 0) is 21.7 Å². The molecule has 0 atom stereocenters. The summed E-state index contributed by atoms with van der Waals surface area (Å²) in [5.41, 5.74) is 22.2. The fraction of sp³-hybridized carbons (Fsp3) is 0.143. The molecule has 0 radical (unpaired) electrons. The van der Waals surface area contributed by atoms with Gasteiger partial charge in [-0.3, -0.25) is 0 Å². The van der Waals surface area contributed by atoms with Gasteiger partial charge in [0, 0.05) is 38.0 Å². The monoisotopic (exact) mass is 957 g/mol. The van der Waals surface area contributed by atoms with Gasteiger partial charge in [-0.2, -0.15) is 0 Å². The first-order valence-corrected chi connectivity index (χ1v) is 26.5.